The van der Waals surface area contributed by atoms with Crippen LogP contribution in [0, 0.1) is 0 Å². The van der Waals surface area contributed by atoms with Crippen LogP contribution in [0.2, 0.25) is 0 Å². The van der Waals surface area contributed by atoms with Gasteiger partial charge in [0.15, 0.2) is 6.04 Å². The Morgan fingerprint density at radius 3 is 1.94 bits per heavy atom. The number of carbonyl (C=O) groups is 2. The highest BCUT2D eigenvalue weighted by Gasteiger charge is 2.27. The molecule has 4 N–H and O–H groups in total. The van der Waals surface area contributed by atoms with Crippen molar-refractivity contribution < 1.29 is 19.8 Å². The van der Waals surface area contributed by atoms with E-state index in [1.807, 2.05) is 20.8 Å². The predicted molar refractivity (Wildman–Crippen MR) is 63.8 cm³/mol. The minimum absolute atomic E-state index is 0.317. The van der Waals surface area contributed by atoms with Crippen LogP contribution in [0.25, 0.3) is 0 Å². The first-order valence-corrected chi connectivity index (χ1v) is 5.87. The maximum absolute atomic E-state index is 11.6. The molecule has 0 aliphatic heterocycles. The third-order valence-electron chi connectivity index (χ3n) is 3.20. The smallest absolute Gasteiger partial charge is 0.328 e. The van der Waals surface area contributed by atoms with Crippen LogP contribution in [-0.2, 0) is 4.79 Å². The zero-order valence-electron chi connectivity index (χ0n) is 10.6. The Morgan fingerprint density at radius 1 is 1.18 bits per heavy atom. The van der Waals surface area contributed by atoms with Crippen LogP contribution in [-0.4, -0.2) is 40.4 Å². The number of rotatable bonds is 7. The van der Waals surface area contributed by atoms with E-state index in [4.69, 9.17) is 10.2 Å². The summed E-state index contributed by atoms with van der Waals surface area (Å²) in [5.74, 6) is -1.25. The van der Waals surface area contributed by atoms with Crippen LogP contribution in [0.3, 0.4) is 0 Å². The number of carbonyl (C=O) groups excluding carboxylic acids is 1. The molecule has 100 valence electrons. The van der Waals surface area contributed by atoms with Crippen LogP contribution in [0.5, 0.6) is 0 Å². The molecule has 0 aromatic heterocycles. The fourth-order valence-electron chi connectivity index (χ4n) is 1.64. The second kappa shape index (κ2) is 7.11. The summed E-state index contributed by atoms with van der Waals surface area (Å²) in [5.41, 5.74) is -0.317. The van der Waals surface area contributed by atoms with Crippen molar-refractivity contribution in [2.24, 2.45) is 0 Å². The summed E-state index contributed by atoms with van der Waals surface area (Å²) in [4.78, 5) is 22.3. The summed E-state index contributed by atoms with van der Waals surface area (Å²) >= 11 is 0. The number of carboxylic acids is 1. The Kier molecular flexibility index (Phi) is 6.57. The van der Waals surface area contributed by atoms with E-state index in [-0.39, 0.29) is 5.54 Å². The molecule has 0 rings (SSSR count). The van der Waals surface area contributed by atoms with Crippen molar-refractivity contribution in [2.75, 3.05) is 6.61 Å². The van der Waals surface area contributed by atoms with Crippen LogP contribution in [0.1, 0.15) is 40.0 Å². The molecule has 0 fully saturated rings. The summed E-state index contributed by atoms with van der Waals surface area (Å²) in [5, 5.41) is 22.5. The van der Waals surface area contributed by atoms with Gasteiger partial charge in [-0.3, -0.25) is 0 Å². The Hall–Kier alpha value is -1.30. The Labute approximate surface area is 101 Å². The molecule has 1 atom stereocenters. The lowest BCUT2D eigenvalue weighted by Gasteiger charge is -2.32. The van der Waals surface area contributed by atoms with Gasteiger partial charge in [0.25, 0.3) is 0 Å². The molecule has 0 aromatic carbocycles. The molecule has 6 heteroatoms. The summed E-state index contributed by atoms with van der Waals surface area (Å²) in [6.07, 6.45) is 2.30. The molecule has 0 aromatic rings. The normalized spacial score (nSPS) is 12.9. The fraction of sp³-hybridized carbons (Fsp3) is 0.818. The molecule has 0 heterocycles. The molecule has 0 aliphatic carbocycles. The van der Waals surface area contributed by atoms with Crippen molar-refractivity contribution in [1.82, 2.24) is 10.6 Å². The number of carboxylic acid groups (broad SMARTS) is 1. The quantitative estimate of drug-likeness (QED) is 0.531. The molecule has 0 radical (unpaired) electrons. The van der Waals surface area contributed by atoms with E-state index in [1.54, 1.807) is 0 Å². The molecular weight excluding hydrogens is 224 g/mol. The minimum Gasteiger partial charge on any atom is -0.480 e. The topological polar surface area (TPSA) is 98.7 Å². The third kappa shape index (κ3) is 4.60. The zero-order chi connectivity index (χ0) is 13.5. The molecule has 0 saturated carbocycles. The van der Waals surface area contributed by atoms with Crippen LogP contribution in [0.4, 0.5) is 4.79 Å². The maximum atomic E-state index is 11.6. The van der Waals surface area contributed by atoms with Crippen LogP contribution in [0.15, 0.2) is 0 Å². The number of nitrogens with one attached hydrogen (secondary N) is 2. The van der Waals surface area contributed by atoms with Crippen molar-refractivity contribution in [3.05, 3.63) is 0 Å². The number of aliphatic hydroxyl groups is 1. The Balaban J connectivity index is 4.47. The van der Waals surface area contributed by atoms with Gasteiger partial charge >= 0.3 is 12.0 Å². The highest BCUT2D eigenvalue weighted by atomic mass is 16.4. The summed E-state index contributed by atoms with van der Waals surface area (Å²) in [6.45, 7) is 5.27. The standard InChI is InChI=1S/C11H22N2O4/c1-4-11(5-2,6-3)13-10(17)12-8(7-14)9(15)16/h8,14H,4-7H2,1-3H3,(H,15,16)(H2,12,13,17)/t8-/m1/s1. The van der Waals surface area contributed by atoms with E-state index in [2.05, 4.69) is 10.6 Å². The molecule has 2 amide bonds. The number of amides is 2. The number of hydrogen-bond acceptors (Lipinski definition) is 3. The third-order valence-corrected chi connectivity index (χ3v) is 3.20. The number of aliphatic carboxylic acids is 1. The fourth-order valence-corrected chi connectivity index (χ4v) is 1.64. The molecule has 17 heavy (non-hydrogen) atoms. The van der Waals surface area contributed by atoms with Crippen molar-refractivity contribution in [3.63, 3.8) is 0 Å². The lowest BCUT2D eigenvalue weighted by molar-refractivity contribution is -0.140. The minimum atomic E-state index is -1.27. The molecule has 0 aliphatic rings. The molecule has 0 spiro atoms. The molecular formula is C11H22N2O4. The number of aliphatic hydroxyl groups excluding tert-OH is 1. The van der Waals surface area contributed by atoms with Crippen molar-refractivity contribution in [1.29, 1.82) is 0 Å². The van der Waals surface area contributed by atoms with Gasteiger partial charge in [-0.05, 0) is 19.3 Å². The second-order valence-corrected chi connectivity index (χ2v) is 4.01. The highest BCUT2D eigenvalue weighted by molar-refractivity contribution is 5.82. The SMILES string of the molecule is CCC(CC)(CC)NC(=O)N[C@H](CO)C(=O)O. The average molecular weight is 246 g/mol. The van der Waals surface area contributed by atoms with Gasteiger partial charge in [0.2, 0.25) is 0 Å². The van der Waals surface area contributed by atoms with E-state index in [0.717, 1.165) is 19.3 Å². The van der Waals surface area contributed by atoms with Crippen molar-refractivity contribution >= 4 is 12.0 Å². The largest absolute Gasteiger partial charge is 0.480 e. The molecule has 6 nitrogen and oxygen atoms in total. The van der Waals surface area contributed by atoms with Gasteiger partial charge in [-0.1, -0.05) is 20.8 Å². The van der Waals surface area contributed by atoms with E-state index in [0.29, 0.717) is 0 Å². The van der Waals surface area contributed by atoms with Crippen LogP contribution < -0.4 is 10.6 Å². The van der Waals surface area contributed by atoms with Crippen molar-refractivity contribution in [3.8, 4) is 0 Å². The van der Waals surface area contributed by atoms with Crippen molar-refractivity contribution in [2.45, 2.75) is 51.6 Å². The first-order chi connectivity index (χ1) is 7.94. The van der Waals surface area contributed by atoms with Gasteiger partial charge < -0.3 is 20.8 Å². The molecule has 0 unspecified atom stereocenters. The predicted octanol–water partition coefficient (Wildman–Crippen LogP) is 0.700. The lowest BCUT2D eigenvalue weighted by atomic mass is 9.90. The first kappa shape index (κ1) is 15.7. The number of hydrogen-bond donors (Lipinski definition) is 4. The average Bonchev–Trinajstić information content (AvgIpc) is 2.32. The monoisotopic (exact) mass is 246 g/mol. The van der Waals surface area contributed by atoms with Gasteiger partial charge in [-0.25, -0.2) is 9.59 Å². The summed E-state index contributed by atoms with van der Waals surface area (Å²) < 4.78 is 0. The second-order valence-electron chi connectivity index (χ2n) is 4.01. The summed E-state index contributed by atoms with van der Waals surface area (Å²) in [6, 6.07) is -1.82. The van der Waals surface area contributed by atoms with Gasteiger partial charge in [0.1, 0.15) is 0 Å². The van der Waals surface area contributed by atoms with E-state index < -0.39 is 24.6 Å². The zero-order valence-corrected chi connectivity index (χ0v) is 10.6. The van der Waals surface area contributed by atoms with Gasteiger partial charge in [-0.2, -0.15) is 0 Å². The van der Waals surface area contributed by atoms with Gasteiger partial charge in [0.05, 0.1) is 6.61 Å². The Morgan fingerprint density at radius 2 is 1.65 bits per heavy atom. The lowest BCUT2D eigenvalue weighted by Crippen LogP contribution is -2.55. The number of urea groups is 1. The molecule has 0 bridgehead atoms. The van der Waals surface area contributed by atoms with Crippen LogP contribution >= 0.6 is 0 Å². The van der Waals surface area contributed by atoms with Gasteiger partial charge in [-0.15, -0.1) is 0 Å². The maximum Gasteiger partial charge on any atom is 0.328 e. The van der Waals surface area contributed by atoms with E-state index in [1.165, 1.54) is 0 Å². The van der Waals surface area contributed by atoms with Gasteiger partial charge in [0, 0.05) is 5.54 Å². The highest BCUT2D eigenvalue weighted by Crippen LogP contribution is 2.18. The molecule has 0 saturated heterocycles. The van der Waals surface area contributed by atoms with E-state index >= 15 is 0 Å². The van der Waals surface area contributed by atoms with E-state index in [9.17, 15) is 9.59 Å². The Bertz CT molecular complexity index is 256. The first-order valence-electron chi connectivity index (χ1n) is 5.87. The summed E-state index contributed by atoms with van der Waals surface area (Å²) in [7, 11) is 0.